The first-order chi connectivity index (χ1) is 7.35. The van der Waals surface area contributed by atoms with Crippen molar-refractivity contribution in [1.29, 1.82) is 5.26 Å². The molecule has 4 nitrogen and oxygen atoms in total. The molecule has 2 atom stereocenters. The zero-order chi connectivity index (χ0) is 12.8. The van der Waals surface area contributed by atoms with Crippen molar-refractivity contribution in [3.05, 3.63) is 0 Å². The van der Waals surface area contributed by atoms with E-state index in [0.29, 0.717) is 6.42 Å². The predicted molar refractivity (Wildman–Crippen MR) is 64.8 cm³/mol. The molecule has 0 aliphatic heterocycles. The Kier molecular flexibility index (Phi) is 6.05. The van der Waals surface area contributed by atoms with Crippen LogP contribution < -0.4 is 5.32 Å². The fourth-order valence-corrected chi connectivity index (χ4v) is 1.20. The summed E-state index contributed by atoms with van der Waals surface area (Å²) < 4.78 is 0. The van der Waals surface area contributed by atoms with E-state index in [9.17, 15) is 4.79 Å². The van der Waals surface area contributed by atoms with Gasteiger partial charge in [0.1, 0.15) is 5.41 Å². The molecule has 0 rings (SSSR count). The number of nitrogens with zero attached hydrogens (tertiary/aromatic N) is 2. The Labute approximate surface area is 98.6 Å². The number of amides is 1. The lowest BCUT2D eigenvalue weighted by Gasteiger charge is -2.23. The standard InChI is InChI=1S/C12H23N3O/c1-6-12(3,9-13)11(16)14-10(2)7-8-15(4)5/h10H,6-8H2,1-5H3,(H,14,16). The van der Waals surface area contributed by atoms with E-state index in [0.717, 1.165) is 13.0 Å². The van der Waals surface area contributed by atoms with E-state index < -0.39 is 5.41 Å². The molecule has 1 N–H and O–H groups in total. The first-order valence-corrected chi connectivity index (χ1v) is 5.72. The molecule has 92 valence electrons. The molecular formula is C12H23N3O. The van der Waals surface area contributed by atoms with Gasteiger partial charge in [0.25, 0.3) is 0 Å². The van der Waals surface area contributed by atoms with Crippen LogP contribution in [0.25, 0.3) is 0 Å². The summed E-state index contributed by atoms with van der Waals surface area (Å²) in [5.41, 5.74) is -0.896. The fraction of sp³-hybridized carbons (Fsp3) is 0.833. The van der Waals surface area contributed by atoms with Crippen molar-refractivity contribution < 1.29 is 4.79 Å². The minimum Gasteiger partial charge on any atom is -0.352 e. The molecule has 0 aromatic heterocycles. The molecule has 0 heterocycles. The minimum absolute atomic E-state index is 0.106. The molecule has 2 unspecified atom stereocenters. The second-order valence-electron chi connectivity index (χ2n) is 4.76. The number of carbonyl (C=O) groups is 1. The highest BCUT2D eigenvalue weighted by molar-refractivity contribution is 5.85. The van der Waals surface area contributed by atoms with Crippen LogP contribution in [-0.4, -0.2) is 37.5 Å². The van der Waals surface area contributed by atoms with Gasteiger partial charge in [0.15, 0.2) is 0 Å². The van der Waals surface area contributed by atoms with E-state index in [2.05, 4.69) is 16.3 Å². The predicted octanol–water partition coefficient (Wildman–Crippen LogP) is 1.38. The van der Waals surface area contributed by atoms with Gasteiger partial charge in [-0.2, -0.15) is 5.26 Å². The average molecular weight is 225 g/mol. The van der Waals surface area contributed by atoms with Gasteiger partial charge in [-0.3, -0.25) is 4.79 Å². The smallest absolute Gasteiger partial charge is 0.240 e. The lowest BCUT2D eigenvalue weighted by atomic mass is 9.88. The number of rotatable bonds is 6. The zero-order valence-electron chi connectivity index (χ0n) is 11.0. The molecule has 0 aromatic carbocycles. The van der Waals surface area contributed by atoms with Gasteiger partial charge in [-0.05, 0) is 47.3 Å². The zero-order valence-corrected chi connectivity index (χ0v) is 11.0. The lowest BCUT2D eigenvalue weighted by molar-refractivity contribution is -0.128. The van der Waals surface area contributed by atoms with E-state index in [1.165, 1.54) is 0 Å². The number of hydrogen-bond donors (Lipinski definition) is 1. The van der Waals surface area contributed by atoms with E-state index in [1.807, 2.05) is 27.9 Å². The van der Waals surface area contributed by atoms with Crippen LogP contribution in [0.5, 0.6) is 0 Å². The van der Waals surface area contributed by atoms with Crippen molar-refractivity contribution >= 4 is 5.91 Å². The van der Waals surface area contributed by atoms with Gasteiger partial charge >= 0.3 is 0 Å². The summed E-state index contributed by atoms with van der Waals surface area (Å²) in [7, 11) is 4.00. The number of hydrogen-bond acceptors (Lipinski definition) is 3. The van der Waals surface area contributed by atoms with E-state index >= 15 is 0 Å². The van der Waals surface area contributed by atoms with Crippen molar-refractivity contribution in [2.45, 2.75) is 39.7 Å². The maximum Gasteiger partial charge on any atom is 0.240 e. The maximum absolute atomic E-state index is 11.8. The minimum atomic E-state index is -0.896. The molecule has 0 aliphatic carbocycles. The van der Waals surface area contributed by atoms with Crippen LogP contribution in [0.1, 0.15) is 33.6 Å². The molecule has 0 radical (unpaired) electrons. The van der Waals surface area contributed by atoms with Crippen molar-refractivity contribution in [2.24, 2.45) is 5.41 Å². The van der Waals surface area contributed by atoms with Gasteiger partial charge in [-0.25, -0.2) is 0 Å². The van der Waals surface area contributed by atoms with Crippen LogP contribution in [0, 0.1) is 16.7 Å². The molecular weight excluding hydrogens is 202 g/mol. The van der Waals surface area contributed by atoms with Crippen LogP contribution in [-0.2, 0) is 4.79 Å². The first-order valence-electron chi connectivity index (χ1n) is 5.72. The van der Waals surface area contributed by atoms with Gasteiger partial charge in [0.05, 0.1) is 6.07 Å². The normalized spacial score (nSPS) is 16.3. The second kappa shape index (κ2) is 6.49. The van der Waals surface area contributed by atoms with Crippen LogP contribution in [0.2, 0.25) is 0 Å². The van der Waals surface area contributed by atoms with E-state index in [4.69, 9.17) is 5.26 Å². The molecule has 4 heteroatoms. The summed E-state index contributed by atoms with van der Waals surface area (Å²) in [6, 6.07) is 2.18. The third-order valence-electron chi connectivity index (χ3n) is 2.84. The lowest BCUT2D eigenvalue weighted by Crippen LogP contribution is -2.43. The Bertz CT molecular complexity index is 270. The summed E-state index contributed by atoms with van der Waals surface area (Å²) in [5.74, 6) is -0.163. The largest absolute Gasteiger partial charge is 0.352 e. The summed E-state index contributed by atoms with van der Waals surface area (Å²) in [4.78, 5) is 13.9. The number of nitrogens with one attached hydrogen (secondary N) is 1. The highest BCUT2D eigenvalue weighted by Crippen LogP contribution is 2.19. The molecule has 16 heavy (non-hydrogen) atoms. The Hall–Kier alpha value is -1.08. The molecule has 0 bridgehead atoms. The van der Waals surface area contributed by atoms with Crippen molar-refractivity contribution in [1.82, 2.24) is 10.2 Å². The Morgan fingerprint density at radius 3 is 2.50 bits per heavy atom. The summed E-state index contributed by atoms with van der Waals surface area (Å²) in [6.45, 7) is 6.43. The van der Waals surface area contributed by atoms with Crippen molar-refractivity contribution in [2.75, 3.05) is 20.6 Å². The highest BCUT2D eigenvalue weighted by Gasteiger charge is 2.31. The third-order valence-corrected chi connectivity index (χ3v) is 2.84. The third kappa shape index (κ3) is 4.63. The molecule has 0 aromatic rings. The van der Waals surface area contributed by atoms with E-state index in [1.54, 1.807) is 6.92 Å². The summed E-state index contributed by atoms with van der Waals surface area (Å²) in [5, 5.41) is 11.9. The monoisotopic (exact) mass is 225 g/mol. The second-order valence-corrected chi connectivity index (χ2v) is 4.76. The first kappa shape index (κ1) is 14.9. The summed E-state index contributed by atoms with van der Waals surface area (Å²) >= 11 is 0. The Balaban J connectivity index is 4.19. The van der Waals surface area contributed by atoms with Gasteiger partial charge in [-0.1, -0.05) is 6.92 Å². The quantitative estimate of drug-likeness (QED) is 0.743. The number of nitriles is 1. The summed E-state index contributed by atoms with van der Waals surface area (Å²) in [6.07, 6.45) is 1.43. The van der Waals surface area contributed by atoms with Crippen LogP contribution >= 0.6 is 0 Å². The van der Waals surface area contributed by atoms with E-state index in [-0.39, 0.29) is 11.9 Å². The fourth-order valence-electron chi connectivity index (χ4n) is 1.20. The topological polar surface area (TPSA) is 56.1 Å². The molecule has 0 saturated heterocycles. The average Bonchev–Trinajstić information content (AvgIpc) is 2.25. The molecule has 0 spiro atoms. The van der Waals surface area contributed by atoms with Crippen LogP contribution in [0.4, 0.5) is 0 Å². The molecule has 0 aliphatic rings. The van der Waals surface area contributed by atoms with Crippen LogP contribution in [0.3, 0.4) is 0 Å². The molecule has 1 amide bonds. The van der Waals surface area contributed by atoms with Crippen LogP contribution in [0.15, 0.2) is 0 Å². The maximum atomic E-state index is 11.8. The Morgan fingerprint density at radius 1 is 1.56 bits per heavy atom. The van der Waals surface area contributed by atoms with Gasteiger partial charge < -0.3 is 10.2 Å². The van der Waals surface area contributed by atoms with Crippen molar-refractivity contribution in [3.63, 3.8) is 0 Å². The number of carbonyl (C=O) groups excluding carboxylic acids is 1. The molecule has 0 fully saturated rings. The highest BCUT2D eigenvalue weighted by atomic mass is 16.2. The molecule has 0 saturated carbocycles. The van der Waals surface area contributed by atoms with Gasteiger partial charge in [0.2, 0.25) is 5.91 Å². The van der Waals surface area contributed by atoms with Gasteiger partial charge in [-0.15, -0.1) is 0 Å². The van der Waals surface area contributed by atoms with Gasteiger partial charge in [0, 0.05) is 6.04 Å². The van der Waals surface area contributed by atoms with Crippen molar-refractivity contribution in [3.8, 4) is 6.07 Å². The SMILES string of the molecule is CCC(C)(C#N)C(=O)NC(C)CCN(C)C. The Morgan fingerprint density at radius 2 is 2.12 bits per heavy atom.